The van der Waals surface area contributed by atoms with E-state index in [0.717, 1.165) is 62.2 Å². The third-order valence-corrected chi connectivity index (χ3v) is 5.10. The highest BCUT2D eigenvalue weighted by molar-refractivity contribution is 5.79. The Labute approximate surface area is 158 Å². The predicted octanol–water partition coefficient (Wildman–Crippen LogP) is 2.44. The Morgan fingerprint density at radius 1 is 1.26 bits per heavy atom. The van der Waals surface area contributed by atoms with E-state index in [4.69, 9.17) is 4.42 Å². The van der Waals surface area contributed by atoms with Crippen LogP contribution in [0, 0.1) is 5.92 Å². The van der Waals surface area contributed by atoms with Crippen molar-refractivity contribution in [3.05, 3.63) is 48.4 Å². The van der Waals surface area contributed by atoms with E-state index in [9.17, 15) is 4.79 Å². The average Bonchev–Trinajstić information content (AvgIpc) is 3.35. The highest BCUT2D eigenvalue weighted by Crippen LogP contribution is 2.19. The number of rotatable bonds is 7. The number of aromatic nitrogens is 3. The highest BCUT2D eigenvalue weighted by atomic mass is 16.3. The normalized spacial score (nSPS) is 18.0. The molecule has 1 aromatic carbocycles. The molecule has 0 saturated carbocycles. The number of hydrogen-bond donors (Lipinski definition) is 1. The van der Waals surface area contributed by atoms with Crippen LogP contribution < -0.4 is 5.32 Å². The van der Waals surface area contributed by atoms with Crippen LogP contribution in [0.4, 0.5) is 0 Å². The number of piperidine rings is 1. The van der Waals surface area contributed by atoms with Gasteiger partial charge in [-0.3, -0.25) is 9.69 Å². The summed E-state index contributed by atoms with van der Waals surface area (Å²) in [6.45, 7) is 3.98. The number of amides is 1. The van der Waals surface area contributed by atoms with Gasteiger partial charge in [0.05, 0.1) is 24.2 Å². The maximum absolute atomic E-state index is 12.5. The fraction of sp³-hybridized carbons (Fsp3) is 0.450. The molecule has 0 aliphatic carbocycles. The van der Waals surface area contributed by atoms with E-state index in [1.165, 1.54) is 0 Å². The van der Waals surface area contributed by atoms with E-state index in [2.05, 4.69) is 20.5 Å². The van der Waals surface area contributed by atoms with Gasteiger partial charge in [0.2, 0.25) is 5.91 Å². The summed E-state index contributed by atoms with van der Waals surface area (Å²) in [5.41, 5.74) is 1.94. The van der Waals surface area contributed by atoms with E-state index in [1.807, 2.05) is 41.1 Å². The molecule has 1 aliphatic heterocycles. The number of nitrogens with one attached hydrogen (secondary N) is 1. The molecule has 1 aliphatic rings. The highest BCUT2D eigenvalue weighted by Gasteiger charge is 2.25. The Bertz CT molecular complexity index is 874. The topological polar surface area (TPSA) is 76.2 Å². The fourth-order valence-electron chi connectivity index (χ4n) is 3.70. The minimum absolute atomic E-state index is 0.0564. The molecule has 7 heteroatoms. The first-order valence-corrected chi connectivity index (χ1v) is 9.60. The van der Waals surface area contributed by atoms with Crippen LogP contribution >= 0.6 is 0 Å². The number of fused-ring (bicyclic) bond motifs is 1. The summed E-state index contributed by atoms with van der Waals surface area (Å²) < 4.78 is 7.32. The standard InChI is InChI=1S/C20H25N5O2/c26-20(16-6-3-11-24(14-16)15-17-7-4-13-27-17)21-10-5-12-25-19-9-2-1-8-18(19)22-23-25/h1-2,4,7-9,13,16H,3,5-6,10-12,14-15H2,(H,21,26)/t16-/m0/s1. The third kappa shape index (κ3) is 4.36. The first-order chi connectivity index (χ1) is 13.3. The Morgan fingerprint density at radius 2 is 2.19 bits per heavy atom. The minimum Gasteiger partial charge on any atom is -0.468 e. The molecule has 0 spiro atoms. The Hall–Kier alpha value is -2.67. The van der Waals surface area contributed by atoms with E-state index < -0.39 is 0 Å². The van der Waals surface area contributed by atoms with Crippen LogP contribution in [0.15, 0.2) is 47.1 Å². The van der Waals surface area contributed by atoms with Crippen LogP contribution in [-0.2, 0) is 17.9 Å². The van der Waals surface area contributed by atoms with Crippen molar-refractivity contribution in [2.75, 3.05) is 19.6 Å². The quantitative estimate of drug-likeness (QED) is 0.649. The number of benzene rings is 1. The fourth-order valence-corrected chi connectivity index (χ4v) is 3.70. The summed E-state index contributed by atoms with van der Waals surface area (Å²) in [6, 6.07) is 11.8. The molecule has 1 N–H and O–H groups in total. The lowest BCUT2D eigenvalue weighted by atomic mass is 9.97. The molecule has 3 aromatic rings. The van der Waals surface area contributed by atoms with Gasteiger partial charge in [-0.15, -0.1) is 5.10 Å². The zero-order valence-corrected chi connectivity index (χ0v) is 15.4. The summed E-state index contributed by atoms with van der Waals surface area (Å²) in [5, 5.41) is 11.4. The van der Waals surface area contributed by atoms with Crippen molar-refractivity contribution in [3.8, 4) is 0 Å². The van der Waals surface area contributed by atoms with Gasteiger partial charge in [-0.2, -0.15) is 0 Å². The molecule has 0 radical (unpaired) electrons. The molecule has 7 nitrogen and oxygen atoms in total. The number of furan rings is 1. The van der Waals surface area contributed by atoms with Crippen molar-refractivity contribution in [3.63, 3.8) is 0 Å². The van der Waals surface area contributed by atoms with Crippen LogP contribution in [0.3, 0.4) is 0 Å². The zero-order chi connectivity index (χ0) is 18.5. The lowest BCUT2D eigenvalue weighted by molar-refractivity contribution is -0.126. The molecule has 1 saturated heterocycles. The summed E-state index contributed by atoms with van der Waals surface area (Å²) >= 11 is 0. The smallest absolute Gasteiger partial charge is 0.224 e. The van der Waals surface area contributed by atoms with Gasteiger partial charge in [0.15, 0.2) is 0 Å². The third-order valence-electron chi connectivity index (χ3n) is 5.10. The van der Waals surface area contributed by atoms with Crippen LogP contribution in [0.1, 0.15) is 25.0 Å². The van der Waals surface area contributed by atoms with Crippen molar-refractivity contribution in [1.29, 1.82) is 0 Å². The van der Waals surface area contributed by atoms with Gasteiger partial charge in [0.25, 0.3) is 0 Å². The first kappa shape index (κ1) is 17.7. The molecule has 1 atom stereocenters. The number of carbonyl (C=O) groups excluding carboxylic acids is 1. The number of carbonyl (C=O) groups is 1. The monoisotopic (exact) mass is 367 g/mol. The molecule has 27 heavy (non-hydrogen) atoms. The average molecular weight is 367 g/mol. The molecule has 1 amide bonds. The van der Waals surface area contributed by atoms with Crippen LogP contribution in [0.2, 0.25) is 0 Å². The Kier molecular flexibility index (Phi) is 5.48. The van der Waals surface area contributed by atoms with Gasteiger partial charge in [-0.1, -0.05) is 17.3 Å². The van der Waals surface area contributed by atoms with Gasteiger partial charge in [-0.05, 0) is 50.1 Å². The molecular formula is C20H25N5O2. The van der Waals surface area contributed by atoms with E-state index >= 15 is 0 Å². The Balaban J connectivity index is 1.22. The van der Waals surface area contributed by atoms with Gasteiger partial charge in [0.1, 0.15) is 11.3 Å². The molecule has 0 unspecified atom stereocenters. The summed E-state index contributed by atoms with van der Waals surface area (Å²) in [4.78, 5) is 14.8. The first-order valence-electron chi connectivity index (χ1n) is 9.60. The van der Waals surface area contributed by atoms with Crippen molar-refractivity contribution in [2.45, 2.75) is 32.4 Å². The minimum atomic E-state index is 0.0564. The molecular weight excluding hydrogens is 342 g/mol. The number of aryl methyl sites for hydroxylation is 1. The lowest BCUT2D eigenvalue weighted by Crippen LogP contribution is -2.43. The number of nitrogens with zero attached hydrogens (tertiary/aromatic N) is 4. The second-order valence-corrected chi connectivity index (χ2v) is 7.10. The maximum Gasteiger partial charge on any atom is 0.224 e. The summed E-state index contributed by atoms with van der Waals surface area (Å²) in [5.74, 6) is 1.17. The lowest BCUT2D eigenvalue weighted by Gasteiger charge is -2.31. The van der Waals surface area contributed by atoms with Gasteiger partial charge < -0.3 is 9.73 Å². The molecule has 2 aromatic heterocycles. The van der Waals surface area contributed by atoms with Gasteiger partial charge in [0, 0.05) is 19.6 Å². The van der Waals surface area contributed by atoms with Crippen molar-refractivity contribution >= 4 is 16.9 Å². The van der Waals surface area contributed by atoms with Crippen molar-refractivity contribution in [2.24, 2.45) is 5.92 Å². The summed E-state index contributed by atoms with van der Waals surface area (Å²) in [6.07, 6.45) is 4.53. The molecule has 142 valence electrons. The summed E-state index contributed by atoms with van der Waals surface area (Å²) in [7, 11) is 0. The molecule has 0 bridgehead atoms. The second kappa shape index (κ2) is 8.35. The van der Waals surface area contributed by atoms with Crippen LogP contribution in [-0.4, -0.2) is 45.4 Å². The molecule has 1 fully saturated rings. The molecule has 3 heterocycles. The largest absolute Gasteiger partial charge is 0.468 e. The van der Waals surface area contributed by atoms with E-state index in [1.54, 1.807) is 6.26 Å². The van der Waals surface area contributed by atoms with Crippen LogP contribution in [0.5, 0.6) is 0 Å². The number of likely N-dealkylation sites (tertiary alicyclic amines) is 1. The van der Waals surface area contributed by atoms with Crippen LogP contribution in [0.25, 0.3) is 11.0 Å². The molecule has 4 rings (SSSR count). The van der Waals surface area contributed by atoms with Gasteiger partial charge >= 0.3 is 0 Å². The van der Waals surface area contributed by atoms with Gasteiger partial charge in [-0.25, -0.2) is 4.68 Å². The number of para-hydroxylation sites is 1. The van der Waals surface area contributed by atoms with Crippen molar-refractivity contribution < 1.29 is 9.21 Å². The van der Waals surface area contributed by atoms with E-state index in [-0.39, 0.29) is 11.8 Å². The van der Waals surface area contributed by atoms with Crippen molar-refractivity contribution in [1.82, 2.24) is 25.2 Å². The SMILES string of the molecule is O=C(NCCCn1nnc2ccccc21)[C@H]1CCCN(Cc2ccco2)C1. The maximum atomic E-state index is 12.5. The van der Waals surface area contributed by atoms with E-state index in [0.29, 0.717) is 6.54 Å². The Morgan fingerprint density at radius 3 is 3.07 bits per heavy atom. The zero-order valence-electron chi connectivity index (χ0n) is 15.4. The second-order valence-electron chi connectivity index (χ2n) is 7.10. The predicted molar refractivity (Wildman–Crippen MR) is 102 cm³/mol. The number of hydrogen-bond acceptors (Lipinski definition) is 5.